The number of aromatic nitrogens is 4. The summed E-state index contributed by atoms with van der Waals surface area (Å²) in [6, 6.07) is 4.33. The summed E-state index contributed by atoms with van der Waals surface area (Å²) >= 11 is 0. The lowest BCUT2D eigenvalue weighted by Crippen LogP contribution is -2.32. The monoisotopic (exact) mass is 528 g/mol. The summed E-state index contributed by atoms with van der Waals surface area (Å²) in [6.07, 6.45) is 5.52. The number of benzene rings is 1. The molecule has 0 bridgehead atoms. The van der Waals surface area contributed by atoms with Crippen molar-refractivity contribution in [3.8, 4) is 22.9 Å². The number of halogens is 1. The number of Topliss-reactive ketones (excluding diaryl/α,β-unsaturated/α-hetero) is 1. The van der Waals surface area contributed by atoms with Crippen LogP contribution in [0.15, 0.2) is 36.8 Å². The van der Waals surface area contributed by atoms with Gasteiger partial charge in [-0.05, 0) is 51.8 Å². The number of methoxy groups -OCH3 is 1. The first-order chi connectivity index (χ1) is 17.5. The molecule has 0 saturated heterocycles. The highest BCUT2D eigenvalue weighted by atomic mass is 32.2. The van der Waals surface area contributed by atoms with Crippen molar-refractivity contribution in [3.63, 3.8) is 0 Å². The first-order valence-electron chi connectivity index (χ1n) is 11.9. The van der Waals surface area contributed by atoms with Gasteiger partial charge in [-0.1, -0.05) is 0 Å². The Kier molecular flexibility index (Phi) is 7.54. The van der Waals surface area contributed by atoms with E-state index in [4.69, 9.17) is 9.47 Å². The molecule has 1 aromatic carbocycles. The van der Waals surface area contributed by atoms with Gasteiger partial charge in [0, 0.05) is 23.7 Å². The maximum atomic E-state index is 15.2. The van der Waals surface area contributed by atoms with Gasteiger partial charge in [0.1, 0.15) is 28.9 Å². The fourth-order valence-electron chi connectivity index (χ4n) is 3.89. The molecule has 0 unspecified atom stereocenters. The molecule has 1 aliphatic carbocycles. The van der Waals surface area contributed by atoms with Crippen molar-refractivity contribution in [1.82, 2.24) is 19.9 Å². The van der Waals surface area contributed by atoms with Crippen LogP contribution in [-0.4, -0.2) is 53.1 Å². The molecule has 196 valence electrons. The summed E-state index contributed by atoms with van der Waals surface area (Å²) in [6.45, 7) is 5.60. The van der Waals surface area contributed by atoms with E-state index in [0.717, 1.165) is 0 Å². The summed E-state index contributed by atoms with van der Waals surface area (Å²) in [5, 5.41) is -0.327. The Morgan fingerprint density at radius 3 is 2.62 bits per heavy atom. The second-order valence-corrected chi connectivity index (χ2v) is 11.7. The molecule has 11 heteroatoms. The van der Waals surface area contributed by atoms with E-state index in [9.17, 15) is 13.2 Å². The van der Waals surface area contributed by atoms with Crippen LogP contribution in [0.5, 0.6) is 11.6 Å². The molecular formula is C26H29FN4O5S. The van der Waals surface area contributed by atoms with Crippen molar-refractivity contribution in [3.05, 3.63) is 59.7 Å². The van der Waals surface area contributed by atoms with Crippen LogP contribution < -0.4 is 9.47 Å². The highest BCUT2D eigenvalue weighted by Crippen LogP contribution is 2.33. The van der Waals surface area contributed by atoms with Crippen LogP contribution in [0.4, 0.5) is 4.39 Å². The minimum absolute atomic E-state index is 0.127. The molecule has 0 radical (unpaired) electrons. The Labute approximate surface area is 215 Å². The van der Waals surface area contributed by atoms with Gasteiger partial charge in [0.2, 0.25) is 5.88 Å². The van der Waals surface area contributed by atoms with Crippen LogP contribution in [0.1, 0.15) is 50.7 Å². The summed E-state index contributed by atoms with van der Waals surface area (Å²) in [5.74, 6) is -0.334. The third-order valence-corrected chi connectivity index (χ3v) is 8.45. The van der Waals surface area contributed by atoms with Crippen LogP contribution in [0.3, 0.4) is 0 Å². The lowest BCUT2D eigenvalue weighted by atomic mass is 9.81. The number of sulfone groups is 1. The van der Waals surface area contributed by atoms with Crippen LogP contribution in [0.2, 0.25) is 0 Å². The molecule has 0 spiro atoms. The smallest absolute Gasteiger partial charge is 0.232 e. The van der Waals surface area contributed by atoms with E-state index < -0.39 is 21.1 Å². The zero-order valence-electron chi connectivity index (χ0n) is 21.2. The van der Waals surface area contributed by atoms with Gasteiger partial charge in [-0.2, -0.15) is 0 Å². The third kappa shape index (κ3) is 5.93. The van der Waals surface area contributed by atoms with Crippen LogP contribution in [0.25, 0.3) is 11.3 Å². The molecular weight excluding hydrogens is 499 g/mol. The number of ketones is 1. The minimum atomic E-state index is -3.30. The molecule has 1 aliphatic rings. The Bertz CT molecular complexity index is 1420. The van der Waals surface area contributed by atoms with Crippen molar-refractivity contribution in [2.75, 3.05) is 13.7 Å². The van der Waals surface area contributed by atoms with E-state index in [1.54, 1.807) is 19.9 Å². The predicted molar refractivity (Wildman–Crippen MR) is 135 cm³/mol. The lowest BCUT2D eigenvalue weighted by molar-refractivity contribution is -0.123. The van der Waals surface area contributed by atoms with E-state index in [2.05, 4.69) is 19.9 Å². The van der Waals surface area contributed by atoms with E-state index >= 15 is 4.39 Å². The standard InChI is InChI=1S/C26H29FN4O5S/c1-5-36-25-14-28-13-20(30-25)18-12-21(35-4)16(10-19(18)27)11-23(32)26(2,3)22-8-9-29-24(31-22)15-37(33,34)17-6-7-17/h8-10,12-14,17H,5-7,11,15H2,1-4H3. The summed E-state index contributed by atoms with van der Waals surface area (Å²) < 4.78 is 50.7. The van der Waals surface area contributed by atoms with Crippen molar-refractivity contribution in [1.29, 1.82) is 0 Å². The average molecular weight is 529 g/mol. The Balaban J connectivity index is 1.58. The second-order valence-electron chi connectivity index (χ2n) is 9.41. The molecule has 0 aliphatic heterocycles. The molecule has 9 nitrogen and oxygen atoms in total. The normalized spacial score (nSPS) is 13.9. The summed E-state index contributed by atoms with van der Waals surface area (Å²) in [4.78, 5) is 30.2. The maximum absolute atomic E-state index is 15.2. The molecule has 37 heavy (non-hydrogen) atoms. The highest BCUT2D eigenvalue weighted by Gasteiger charge is 2.37. The van der Waals surface area contributed by atoms with Gasteiger partial charge < -0.3 is 9.47 Å². The van der Waals surface area contributed by atoms with E-state index in [1.807, 2.05) is 6.92 Å². The third-order valence-electron chi connectivity index (χ3n) is 6.31. The number of carbonyl (C=O) groups excluding carboxylic acids is 1. The van der Waals surface area contributed by atoms with Gasteiger partial charge in [0.15, 0.2) is 9.84 Å². The van der Waals surface area contributed by atoms with Gasteiger partial charge in [0.25, 0.3) is 0 Å². The van der Waals surface area contributed by atoms with Crippen LogP contribution in [-0.2, 0) is 32.2 Å². The Hall–Kier alpha value is -3.47. The SMILES string of the molecule is CCOc1cncc(-c2cc(OC)c(CC(=O)C(C)(C)c3ccnc(CS(=O)(=O)C4CC4)n3)cc2F)n1. The average Bonchev–Trinajstić information content (AvgIpc) is 3.71. The zero-order chi connectivity index (χ0) is 26.8. The first kappa shape index (κ1) is 26.6. The molecule has 4 rings (SSSR count). The number of hydrogen-bond acceptors (Lipinski definition) is 9. The molecule has 2 heterocycles. The fraction of sp³-hybridized carbons (Fsp3) is 0.423. The largest absolute Gasteiger partial charge is 0.496 e. The zero-order valence-corrected chi connectivity index (χ0v) is 22.0. The topological polar surface area (TPSA) is 121 Å². The minimum Gasteiger partial charge on any atom is -0.496 e. The van der Waals surface area contributed by atoms with Crippen LogP contribution in [0, 0.1) is 5.82 Å². The molecule has 0 N–H and O–H groups in total. The van der Waals surface area contributed by atoms with Gasteiger partial charge in [-0.3, -0.25) is 9.78 Å². The van der Waals surface area contributed by atoms with E-state index in [-0.39, 0.29) is 46.2 Å². The number of carbonyl (C=O) groups is 1. The van der Waals surface area contributed by atoms with E-state index in [1.165, 1.54) is 37.8 Å². The molecule has 1 saturated carbocycles. The molecule has 0 amide bonds. The van der Waals surface area contributed by atoms with Gasteiger partial charge in [-0.25, -0.2) is 27.8 Å². The van der Waals surface area contributed by atoms with Crippen molar-refractivity contribution >= 4 is 15.6 Å². The first-order valence-corrected chi connectivity index (χ1v) is 13.7. The fourth-order valence-corrected chi connectivity index (χ4v) is 5.48. The maximum Gasteiger partial charge on any atom is 0.232 e. The van der Waals surface area contributed by atoms with Gasteiger partial charge in [-0.15, -0.1) is 0 Å². The van der Waals surface area contributed by atoms with Gasteiger partial charge in [0.05, 0.1) is 48.2 Å². The number of hydrogen-bond donors (Lipinski definition) is 0. The summed E-state index contributed by atoms with van der Waals surface area (Å²) in [7, 11) is -1.86. The number of rotatable bonds is 11. The Morgan fingerprint density at radius 2 is 1.95 bits per heavy atom. The Morgan fingerprint density at radius 1 is 1.19 bits per heavy atom. The number of ether oxygens (including phenoxy) is 2. The molecule has 0 atom stereocenters. The molecule has 3 aromatic rings. The van der Waals surface area contributed by atoms with Crippen molar-refractivity contribution < 1.29 is 27.1 Å². The number of nitrogens with zero attached hydrogens (tertiary/aromatic N) is 4. The molecule has 2 aromatic heterocycles. The predicted octanol–water partition coefficient (Wildman–Crippen LogP) is 3.65. The van der Waals surface area contributed by atoms with Gasteiger partial charge >= 0.3 is 0 Å². The quantitative estimate of drug-likeness (QED) is 0.367. The molecule has 1 fully saturated rings. The van der Waals surface area contributed by atoms with Crippen LogP contribution >= 0.6 is 0 Å². The van der Waals surface area contributed by atoms with Crippen molar-refractivity contribution in [2.45, 2.75) is 56.5 Å². The lowest BCUT2D eigenvalue weighted by Gasteiger charge is -2.23. The highest BCUT2D eigenvalue weighted by molar-refractivity contribution is 7.91. The second kappa shape index (κ2) is 10.5. The van der Waals surface area contributed by atoms with Crippen molar-refractivity contribution in [2.24, 2.45) is 0 Å². The van der Waals surface area contributed by atoms with E-state index in [0.29, 0.717) is 36.5 Å². The summed E-state index contributed by atoms with van der Waals surface area (Å²) in [5.41, 5.74) is 0.112.